The summed E-state index contributed by atoms with van der Waals surface area (Å²) < 4.78 is 13.5. The number of hydrogen-bond donors (Lipinski definition) is 2. The fourth-order valence-corrected chi connectivity index (χ4v) is 4.18. The molecule has 0 bridgehead atoms. The van der Waals surface area contributed by atoms with Gasteiger partial charge in [-0.15, -0.1) is 0 Å². The minimum atomic E-state index is -0.438. The van der Waals surface area contributed by atoms with Crippen molar-refractivity contribution in [1.29, 1.82) is 5.41 Å². The molecule has 1 heterocycles. The molecule has 2 aliphatic rings. The molecule has 1 fully saturated rings. The highest BCUT2D eigenvalue weighted by Gasteiger charge is 2.50. The van der Waals surface area contributed by atoms with Gasteiger partial charge in [0.1, 0.15) is 5.82 Å². The zero-order valence-electron chi connectivity index (χ0n) is 14.3. The first-order valence-electron chi connectivity index (χ1n) is 8.68. The van der Waals surface area contributed by atoms with Gasteiger partial charge in [-0.3, -0.25) is 4.79 Å². The van der Waals surface area contributed by atoms with Crippen molar-refractivity contribution in [2.24, 2.45) is 11.1 Å². The number of rotatable bonds is 3. The molecule has 4 nitrogen and oxygen atoms in total. The quantitative estimate of drug-likeness (QED) is 0.835. The van der Waals surface area contributed by atoms with Crippen LogP contribution < -0.4 is 10.6 Å². The molecule has 0 aromatic heterocycles. The lowest BCUT2D eigenvalue weighted by molar-refractivity contribution is -0.125. The Kier molecular flexibility index (Phi) is 3.87. The van der Waals surface area contributed by atoms with Crippen LogP contribution in [0.25, 0.3) is 5.57 Å². The van der Waals surface area contributed by atoms with Gasteiger partial charge < -0.3 is 16.0 Å². The molecule has 132 valence electrons. The highest BCUT2D eigenvalue weighted by molar-refractivity contribution is 6.08. The molecule has 1 aliphatic heterocycles. The Morgan fingerprint density at radius 2 is 1.88 bits per heavy atom. The van der Waals surface area contributed by atoms with Crippen LogP contribution in [0.3, 0.4) is 0 Å². The first-order valence-corrected chi connectivity index (χ1v) is 8.68. The minimum absolute atomic E-state index is 0.114. The molecule has 1 amide bonds. The molecule has 1 saturated heterocycles. The van der Waals surface area contributed by atoms with Crippen LogP contribution in [0.2, 0.25) is 0 Å². The summed E-state index contributed by atoms with van der Waals surface area (Å²) in [6.07, 6.45) is 4.68. The first kappa shape index (κ1) is 16.5. The van der Waals surface area contributed by atoms with Gasteiger partial charge in [-0.25, -0.2) is 4.39 Å². The third-order valence-corrected chi connectivity index (χ3v) is 5.59. The van der Waals surface area contributed by atoms with Gasteiger partial charge in [-0.2, -0.15) is 0 Å². The Morgan fingerprint density at radius 3 is 2.58 bits per heavy atom. The van der Waals surface area contributed by atoms with Crippen LogP contribution in [-0.2, 0) is 17.6 Å². The Morgan fingerprint density at radius 1 is 1.15 bits per heavy atom. The van der Waals surface area contributed by atoms with E-state index in [1.807, 2.05) is 35.2 Å². The van der Waals surface area contributed by atoms with E-state index in [0.29, 0.717) is 25.0 Å². The zero-order valence-corrected chi connectivity index (χ0v) is 14.3. The number of carbonyl (C=O) groups excluding carboxylic acids is 1. The van der Waals surface area contributed by atoms with Crippen LogP contribution in [0.1, 0.15) is 23.1 Å². The standard InChI is InChI=1S/C21H20FN3O/c22-18-4-1-15-10-21(11-16(15)9-18)7-8-25(20(21)26)19-5-2-14(3-6-19)17(12-23)13-24/h1-6,9,12-13,23H,7-8,10-11,24H2/b17-13+,23-12?. The number of amides is 1. The van der Waals surface area contributed by atoms with E-state index in [2.05, 4.69) is 0 Å². The molecule has 1 atom stereocenters. The van der Waals surface area contributed by atoms with Gasteiger partial charge in [-0.05, 0) is 60.2 Å². The second-order valence-corrected chi connectivity index (χ2v) is 7.07. The van der Waals surface area contributed by atoms with Crippen LogP contribution >= 0.6 is 0 Å². The maximum Gasteiger partial charge on any atom is 0.233 e. The minimum Gasteiger partial charge on any atom is -0.404 e. The molecule has 1 spiro atoms. The zero-order chi connectivity index (χ0) is 18.3. The number of fused-ring (bicyclic) bond motifs is 1. The van der Waals surface area contributed by atoms with Crippen molar-refractivity contribution in [2.45, 2.75) is 19.3 Å². The first-order chi connectivity index (χ1) is 12.6. The van der Waals surface area contributed by atoms with E-state index < -0.39 is 5.41 Å². The van der Waals surface area contributed by atoms with Crippen molar-refractivity contribution >= 4 is 23.4 Å². The van der Waals surface area contributed by atoms with Crippen molar-refractivity contribution in [1.82, 2.24) is 0 Å². The summed E-state index contributed by atoms with van der Waals surface area (Å²) in [5.41, 5.74) is 9.45. The number of allylic oxidation sites excluding steroid dienone is 1. The second-order valence-electron chi connectivity index (χ2n) is 7.07. The van der Waals surface area contributed by atoms with E-state index in [0.717, 1.165) is 28.8 Å². The van der Waals surface area contributed by atoms with Gasteiger partial charge in [0.15, 0.2) is 0 Å². The Balaban J connectivity index is 1.58. The topological polar surface area (TPSA) is 70.2 Å². The smallest absolute Gasteiger partial charge is 0.233 e. The van der Waals surface area contributed by atoms with E-state index in [1.165, 1.54) is 18.5 Å². The molecule has 0 saturated carbocycles. The van der Waals surface area contributed by atoms with Crippen LogP contribution in [0, 0.1) is 16.6 Å². The number of anilines is 1. The third kappa shape index (κ3) is 2.51. The summed E-state index contributed by atoms with van der Waals surface area (Å²) in [5, 5.41) is 7.37. The molecule has 2 aromatic rings. The molecule has 1 unspecified atom stereocenters. The van der Waals surface area contributed by atoms with E-state index >= 15 is 0 Å². The van der Waals surface area contributed by atoms with Gasteiger partial charge >= 0.3 is 0 Å². The summed E-state index contributed by atoms with van der Waals surface area (Å²) in [5.74, 6) is -0.128. The summed E-state index contributed by atoms with van der Waals surface area (Å²) in [6, 6.07) is 12.4. The Hall–Kier alpha value is -2.95. The van der Waals surface area contributed by atoms with E-state index in [-0.39, 0.29) is 11.7 Å². The maximum atomic E-state index is 13.5. The van der Waals surface area contributed by atoms with Crippen LogP contribution in [0.4, 0.5) is 10.1 Å². The SMILES string of the molecule is N=C/C(=C\N)c1ccc(N2CCC3(Cc4ccc(F)cc4C3)C2=O)cc1. The predicted molar refractivity (Wildman–Crippen MR) is 101 cm³/mol. The third-order valence-electron chi connectivity index (χ3n) is 5.59. The normalized spacial score (nSPS) is 22.1. The molecule has 2 aromatic carbocycles. The van der Waals surface area contributed by atoms with Crippen molar-refractivity contribution in [2.75, 3.05) is 11.4 Å². The number of nitrogens with two attached hydrogens (primary N) is 1. The lowest BCUT2D eigenvalue weighted by atomic mass is 9.83. The number of halogens is 1. The average Bonchev–Trinajstić information content (AvgIpc) is 3.17. The monoisotopic (exact) mass is 349 g/mol. The van der Waals surface area contributed by atoms with E-state index in [9.17, 15) is 9.18 Å². The van der Waals surface area contributed by atoms with E-state index in [1.54, 1.807) is 6.07 Å². The maximum absolute atomic E-state index is 13.5. The number of benzene rings is 2. The summed E-state index contributed by atoms with van der Waals surface area (Å²) in [7, 11) is 0. The van der Waals surface area contributed by atoms with Gasteiger partial charge in [-0.1, -0.05) is 18.2 Å². The molecule has 0 radical (unpaired) electrons. The number of hydrogen-bond acceptors (Lipinski definition) is 3. The van der Waals surface area contributed by atoms with Crippen LogP contribution in [0.15, 0.2) is 48.7 Å². The highest BCUT2D eigenvalue weighted by atomic mass is 19.1. The second kappa shape index (κ2) is 6.09. The average molecular weight is 349 g/mol. The molecule has 4 rings (SSSR count). The van der Waals surface area contributed by atoms with E-state index in [4.69, 9.17) is 11.1 Å². The fourth-order valence-electron chi connectivity index (χ4n) is 4.18. The van der Waals surface area contributed by atoms with Gasteiger partial charge in [0.05, 0.1) is 5.41 Å². The predicted octanol–water partition coefficient (Wildman–Crippen LogP) is 3.30. The largest absolute Gasteiger partial charge is 0.404 e. The summed E-state index contributed by atoms with van der Waals surface area (Å²) >= 11 is 0. The Labute approximate surface area is 151 Å². The molecule has 5 heteroatoms. The van der Waals surface area contributed by atoms with Crippen LogP contribution in [0.5, 0.6) is 0 Å². The number of carbonyl (C=O) groups is 1. The number of nitrogens with one attached hydrogen (secondary N) is 1. The van der Waals surface area contributed by atoms with Gasteiger partial charge in [0, 0.05) is 30.2 Å². The highest BCUT2D eigenvalue weighted by Crippen LogP contribution is 2.46. The van der Waals surface area contributed by atoms with Gasteiger partial charge in [0.2, 0.25) is 5.91 Å². The van der Waals surface area contributed by atoms with Crippen molar-refractivity contribution in [3.05, 3.63) is 71.2 Å². The van der Waals surface area contributed by atoms with Crippen molar-refractivity contribution < 1.29 is 9.18 Å². The van der Waals surface area contributed by atoms with Gasteiger partial charge in [0.25, 0.3) is 0 Å². The fraction of sp³-hybridized carbons (Fsp3) is 0.238. The van der Waals surface area contributed by atoms with Crippen LogP contribution in [-0.4, -0.2) is 18.7 Å². The summed E-state index contributed by atoms with van der Waals surface area (Å²) in [6.45, 7) is 0.665. The lowest BCUT2D eigenvalue weighted by Crippen LogP contribution is -2.35. The molecule has 3 N–H and O–H groups in total. The molecular formula is C21H20FN3O. The number of nitrogens with zero attached hydrogens (tertiary/aromatic N) is 1. The summed E-state index contributed by atoms with van der Waals surface area (Å²) in [4.78, 5) is 15.0. The molecular weight excluding hydrogens is 329 g/mol. The molecule has 1 aliphatic carbocycles. The van der Waals surface area contributed by atoms with Crippen molar-refractivity contribution in [3.63, 3.8) is 0 Å². The van der Waals surface area contributed by atoms with Crippen molar-refractivity contribution in [3.8, 4) is 0 Å². The Bertz CT molecular complexity index is 919. The lowest BCUT2D eigenvalue weighted by Gasteiger charge is -2.23. The molecule has 26 heavy (non-hydrogen) atoms.